The van der Waals surface area contributed by atoms with Gasteiger partial charge in [0.15, 0.2) is 5.13 Å². The fourth-order valence-corrected chi connectivity index (χ4v) is 5.02. The topological polar surface area (TPSA) is 187 Å². The van der Waals surface area contributed by atoms with Crippen LogP contribution >= 0.6 is 11.3 Å². The van der Waals surface area contributed by atoms with Crippen LogP contribution in [0.25, 0.3) is 0 Å². The predicted octanol–water partition coefficient (Wildman–Crippen LogP) is 4.94. The second-order valence-electron chi connectivity index (χ2n) is 12.4. The minimum Gasteiger partial charge on any atom is -0.387 e. The lowest BCUT2D eigenvalue weighted by molar-refractivity contribution is -0.202. The van der Waals surface area contributed by atoms with Crippen LogP contribution in [0.4, 0.5) is 20.4 Å². The molecule has 0 saturated heterocycles. The summed E-state index contributed by atoms with van der Waals surface area (Å²) >= 11 is 1.11. The van der Waals surface area contributed by atoms with Gasteiger partial charge in [0, 0.05) is 37.1 Å². The van der Waals surface area contributed by atoms with E-state index in [1.165, 1.54) is 6.92 Å². The Morgan fingerprint density at radius 2 is 1.53 bits per heavy atom. The molecule has 1 atom stereocenters. The zero-order valence-electron chi connectivity index (χ0n) is 26.6. The molecule has 0 radical (unpaired) electrons. The quantitative estimate of drug-likeness (QED) is 0.181. The smallest absolute Gasteiger partial charge is 0.387 e. The number of nitrogens with one attached hydrogen (secondary N) is 4. The second-order valence-corrected chi connectivity index (χ2v) is 13.4. The fraction of sp³-hybridized carbons (Fsp3) is 0.419. The van der Waals surface area contributed by atoms with Crippen LogP contribution in [0.2, 0.25) is 0 Å². The highest BCUT2D eigenvalue weighted by atomic mass is 32.1. The third-order valence-electron chi connectivity index (χ3n) is 6.25. The predicted molar refractivity (Wildman–Crippen MR) is 172 cm³/mol. The van der Waals surface area contributed by atoms with Gasteiger partial charge in [-0.2, -0.15) is 0 Å². The van der Waals surface area contributed by atoms with E-state index in [2.05, 4.69) is 31.2 Å². The Kier molecular flexibility index (Phi) is 11.1. The number of rotatable bonds is 11. The van der Waals surface area contributed by atoms with Crippen LogP contribution in [-0.2, 0) is 33.7 Å². The molecule has 14 heteroatoms. The van der Waals surface area contributed by atoms with Crippen LogP contribution in [-0.4, -0.2) is 45.4 Å². The molecule has 1 unspecified atom stereocenters. The average molecular weight is 640 g/mol. The maximum atomic E-state index is 13.1. The fourth-order valence-electron chi connectivity index (χ4n) is 4.04. The van der Waals surface area contributed by atoms with E-state index in [1.54, 1.807) is 66.1 Å². The number of aryl methyl sites for hydroxylation is 2. The first-order valence-corrected chi connectivity index (χ1v) is 15.1. The molecule has 0 aliphatic carbocycles. The molecule has 2 aromatic heterocycles. The van der Waals surface area contributed by atoms with Crippen LogP contribution < -0.4 is 27.0 Å². The first kappa shape index (κ1) is 34.8. The molecule has 6 N–H and O–H groups in total. The van der Waals surface area contributed by atoms with Gasteiger partial charge in [-0.3, -0.25) is 14.6 Å². The van der Waals surface area contributed by atoms with Crippen molar-refractivity contribution in [2.45, 2.75) is 79.3 Å². The van der Waals surface area contributed by atoms with Crippen molar-refractivity contribution in [2.24, 2.45) is 11.1 Å². The molecular formula is C31H41N7O6S. The van der Waals surface area contributed by atoms with Crippen molar-refractivity contribution in [1.82, 2.24) is 20.6 Å². The number of hydrogen-bond acceptors (Lipinski definition) is 10. The summed E-state index contributed by atoms with van der Waals surface area (Å²) in [6.45, 7) is 12.3. The van der Waals surface area contributed by atoms with Gasteiger partial charge in [-0.15, -0.1) is 0 Å². The van der Waals surface area contributed by atoms with E-state index in [4.69, 9.17) is 15.2 Å². The lowest BCUT2D eigenvalue weighted by Crippen LogP contribution is -2.59. The van der Waals surface area contributed by atoms with Gasteiger partial charge in [-0.05, 0) is 69.0 Å². The molecule has 1 aromatic carbocycles. The van der Waals surface area contributed by atoms with Crippen molar-refractivity contribution >= 4 is 46.2 Å². The largest absolute Gasteiger partial charge is 0.412 e. The molecule has 0 bridgehead atoms. The van der Waals surface area contributed by atoms with Gasteiger partial charge in [0.2, 0.25) is 5.91 Å². The molecule has 0 saturated carbocycles. The van der Waals surface area contributed by atoms with Gasteiger partial charge in [-0.1, -0.05) is 44.2 Å². The molecule has 0 aliphatic heterocycles. The molecule has 3 aromatic rings. The van der Waals surface area contributed by atoms with Gasteiger partial charge < -0.3 is 36.5 Å². The summed E-state index contributed by atoms with van der Waals surface area (Å²) < 4.78 is 11.1. The number of carbonyl (C=O) groups excluding carboxylic acids is 4. The number of hydrogen-bond donors (Lipinski definition) is 5. The molecule has 2 heterocycles. The first-order chi connectivity index (χ1) is 21.0. The number of ether oxygens (including phenoxy) is 2. The highest BCUT2D eigenvalue weighted by molar-refractivity contribution is 7.17. The van der Waals surface area contributed by atoms with E-state index in [1.807, 2.05) is 24.3 Å². The number of alkyl carbamates (subject to hydrolysis) is 1. The molecule has 45 heavy (non-hydrogen) atoms. The van der Waals surface area contributed by atoms with Crippen molar-refractivity contribution < 1.29 is 28.7 Å². The number of amides is 4. The lowest BCUT2D eigenvalue weighted by atomic mass is 9.90. The van der Waals surface area contributed by atoms with E-state index in [-0.39, 0.29) is 11.8 Å². The zero-order chi connectivity index (χ0) is 33.4. The van der Waals surface area contributed by atoms with E-state index in [0.29, 0.717) is 40.8 Å². The number of anilines is 2. The van der Waals surface area contributed by atoms with E-state index >= 15 is 0 Å². The number of nitrogens with two attached hydrogens (primary N) is 1. The van der Waals surface area contributed by atoms with E-state index in [0.717, 1.165) is 22.5 Å². The van der Waals surface area contributed by atoms with Gasteiger partial charge in [0.25, 0.3) is 5.91 Å². The Hall–Kier alpha value is -4.72. The number of pyridine rings is 1. The summed E-state index contributed by atoms with van der Waals surface area (Å²) in [4.78, 5) is 58.3. The standard InChI is InChI=1S/C31H41N7O6S/c1-19(39)35-27-36-23(24(45-27)25(40)34-18-21-14-16-33-17-15-21)13-10-20-8-11-22(12-9-20)37-31(29(2,3)4,43-26(32)41)44-28(42)38-30(5,6)7/h8-9,11-12,14-17,37H,10,13,18H2,1-7H3,(H2,32,41)(H,34,40)(H,38,42)(H,35,36,39). The Labute approximate surface area is 266 Å². The molecule has 0 fully saturated rings. The van der Waals surface area contributed by atoms with Crippen molar-refractivity contribution in [2.75, 3.05) is 10.6 Å². The molecule has 0 aliphatic rings. The number of nitrogens with zero attached hydrogens (tertiary/aromatic N) is 2. The molecule has 4 amide bonds. The first-order valence-electron chi connectivity index (χ1n) is 14.3. The summed E-state index contributed by atoms with van der Waals surface area (Å²) in [5.74, 6) is -2.51. The highest BCUT2D eigenvalue weighted by Gasteiger charge is 2.50. The molecule has 0 spiro atoms. The summed E-state index contributed by atoms with van der Waals surface area (Å²) in [5, 5.41) is 11.6. The average Bonchev–Trinajstić information content (AvgIpc) is 3.31. The minimum absolute atomic E-state index is 0.284. The van der Waals surface area contributed by atoms with Crippen molar-refractivity contribution in [3.05, 3.63) is 70.5 Å². The van der Waals surface area contributed by atoms with Crippen molar-refractivity contribution in [3.63, 3.8) is 0 Å². The molecule has 242 valence electrons. The van der Waals surface area contributed by atoms with Crippen LogP contribution in [0.1, 0.15) is 75.0 Å². The van der Waals surface area contributed by atoms with E-state index in [9.17, 15) is 19.2 Å². The van der Waals surface area contributed by atoms with Gasteiger partial charge in [0.1, 0.15) is 4.88 Å². The third-order valence-corrected chi connectivity index (χ3v) is 7.26. The van der Waals surface area contributed by atoms with Gasteiger partial charge in [-0.25, -0.2) is 14.6 Å². The summed E-state index contributed by atoms with van der Waals surface area (Å²) in [6, 6.07) is 10.8. The Bertz CT molecular complexity index is 1500. The van der Waals surface area contributed by atoms with Crippen LogP contribution in [0.5, 0.6) is 0 Å². The Morgan fingerprint density at radius 3 is 2.09 bits per heavy atom. The lowest BCUT2D eigenvalue weighted by Gasteiger charge is -2.42. The zero-order valence-corrected chi connectivity index (χ0v) is 27.4. The highest BCUT2D eigenvalue weighted by Crippen LogP contribution is 2.37. The number of benzene rings is 1. The van der Waals surface area contributed by atoms with E-state index < -0.39 is 29.1 Å². The Morgan fingerprint density at radius 1 is 0.889 bits per heavy atom. The van der Waals surface area contributed by atoms with Crippen LogP contribution in [0, 0.1) is 5.41 Å². The normalized spacial score (nSPS) is 12.8. The van der Waals surface area contributed by atoms with Gasteiger partial charge in [0.05, 0.1) is 11.1 Å². The molecular weight excluding hydrogens is 598 g/mol. The Balaban J connectivity index is 1.77. The summed E-state index contributed by atoms with van der Waals surface area (Å²) in [5.41, 5.74) is 6.71. The third kappa shape index (κ3) is 10.4. The number of primary amides is 1. The van der Waals surface area contributed by atoms with Crippen LogP contribution in [0.15, 0.2) is 48.8 Å². The van der Waals surface area contributed by atoms with Crippen LogP contribution in [0.3, 0.4) is 0 Å². The number of carbonyl (C=O) groups is 4. The van der Waals surface area contributed by atoms with Crippen molar-refractivity contribution in [3.8, 4) is 0 Å². The summed E-state index contributed by atoms with van der Waals surface area (Å²) in [7, 11) is 0. The second kappa shape index (κ2) is 14.4. The molecule has 13 nitrogen and oxygen atoms in total. The summed E-state index contributed by atoms with van der Waals surface area (Å²) in [6.07, 6.45) is 2.33. The number of thiazole rings is 1. The monoisotopic (exact) mass is 639 g/mol. The maximum Gasteiger partial charge on any atom is 0.412 e. The molecule has 3 rings (SSSR count). The minimum atomic E-state index is -1.94. The SMILES string of the molecule is CC(=O)Nc1nc(CCc2ccc(NC(OC(N)=O)(OC(=O)NC(C)(C)C)C(C)(C)C)cc2)c(C(=O)NCc2ccncc2)s1. The van der Waals surface area contributed by atoms with Gasteiger partial charge >= 0.3 is 18.1 Å². The number of aromatic nitrogens is 2. The maximum absolute atomic E-state index is 13.1. The van der Waals surface area contributed by atoms with Crippen molar-refractivity contribution in [1.29, 1.82) is 0 Å².